The van der Waals surface area contributed by atoms with Crippen molar-refractivity contribution < 1.29 is 18.3 Å². The number of carbonyl (C=O) groups excluding carboxylic acids is 1. The van der Waals surface area contributed by atoms with Crippen molar-refractivity contribution in [2.24, 2.45) is 0 Å². The highest BCUT2D eigenvalue weighted by Gasteiger charge is 2.35. The Kier molecular flexibility index (Phi) is 3.60. The van der Waals surface area contributed by atoms with Crippen LogP contribution in [0.4, 0.5) is 8.78 Å². The summed E-state index contributed by atoms with van der Waals surface area (Å²) in [5, 5.41) is 0. The molecule has 1 aliphatic rings. The maximum atomic E-state index is 12.6. The highest BCUT2D eigenvalue weighted by Crippen LogP contribution is 2.21. The zero-order valence-corrected chi connectivity index (χ0v) is 10.2. The summed E-state index contributed by atoms with van der Waals surface area (Å²) in [7, 11) is 1.70. The minimum atomic E-state index is -2.62. The van der Waals surface area contributed by atoms with Crippen LogP contribution in [0.15, 0.2) is 12.4 Å². The van der Waals surface area contributed by atoms with Gasteiger partial charge in [-0.25, -0.2) is 4.98 Å². The number of cyclic esters (lactones) is 1. The van der Waals surface area contributed by atoms with Crippen LogP contribution in [-0.2, 0) is 16.1 Å². The van der Waals surface area contributed by atoms with Gasteiger partial charge in [-0.15, -0.1) is 0 Å². The molecule has 100 valence electrons. The van der Waals surface area contributed by atoms with E-state index in [1.54, 1.807) is 11.9 Å². The van der Waals surface area contributed by atoms with Gasteiger partial charge in [-0.3, -0.25) is 14.3 Å². The molecule has 1 aromatic rings. The molecule has 1 fully saturated rings. The third-order valence-electron chi connectivity index (χ3n) is 3.03. The molecule has 0 amide bonds. The fourth-order valence-electron chi connectivity index (χ4n) is 2.07. The van der Waals surface area contributed by atoms with Gasteiger partial charge >= 0.3 is 12.5 Å². The van der Waals surface area contributed by atoms with Crippen LogP contribution in [0.25, 0.3) is 0 Å². The number of halogens is 2. The predicted octanol–water partition coefficient (Wildman–Crippen LogP) is 1.41. The van der Waals surface area contributed by atoms with Crippen LogP contribution in [0.1, 0.15) is 25.7 Å². The van der Waals surface area contributed by atoms with Crippen LogP contribution in [0, 0.1) is 0 Å². The van der Waals surface area contributed by atoms with Gasteiger partial charge in [0.2, 0.25) is 0 Å². The van der Waals surface area contributed by atoms with E-state index in [1.165, 1.54) is 12.4 Å². The molecule has 2 rings (SSSR count). The molecule has 0 saturated carbocycles. The van der Waals surface area contributed by atoms with Crippen LogP contribution in [0.5, 0.6) is 0 Å². The van der Waals surface area contributed by atoms with E-state index < -0.39 is 6.55 Å². The first-order valence-electron chi connectivity index (χ1n) is 5.69. The number of hydrogen-bond acceptors (Lipinski definition) is 4. The van der Waals surface area contributed by atoms with Gasteiger partial charge in [-0.2, -0.15) is 8.78 Å². The number of alkyl halides is 2. The molecule has 2 heterocycles. The molecule has 0 unspecified atom stereocenters. The van der Waals surface area contributed by atoms with Crippen molar-refractivity contribution in [2.75, 3.05) is 7.05 Å². The van der Waals surface area contributed by atoms with Gasteiger partial charge in [-0.1, -0.05) is 0 Å². The number of esters is 1. The van der Waals surface area contributed by atoms with E-state index in [1.807, 2.05) is 6.92 Å². The number of rotatable bonds is 4. The number of nitrogens with zero attached hydrogens (tertiary/aromatic N) is 3. The molecule has 5 nitrogen and oxygen atoms in total. The molecule has 0 radical (unpaired) electrons. The summed E-state index contributed by atoms with van der Waals surface area (Å²) in [6, 6.07) is -0.386. The molecular weight excluding hydrogens is 244 g/mol. The fourth-order valence-corrected chi connectivity index (χ4v) is 2.07. The third kappa shape index (κ3) is 2.50. The summed E-state index contributed by atoms with van der Waals surface area (Å²) in [6.45, 7) is -0.624. The molecule has 0 bridgehead atoms. The van der Waals surface area contributed by atoms with Crippen LogP contribution >= 0.6 is 0 Å². The molecule has 1 saturated heterocycles. The van der Waals surface area contributed by atoms with Gasteiger partial charge in [-0.05, 0) is 14.0 Å². The third-order valence-corrected chi connectivity index (χ3v) is 3.03. The second-order valence-corrected chi connectivity index (χ2v) is 4.44. The normalized spacial score (nSPS) is 24.0. The van der Waals surface area contributed by atoms with E-state index in [2.05, 4.69) is 4.98 Å². The van der Waals surface area contributed by atoms with Crippen LogP contribution < -0.4 is 0 Å². The predicted molar refractivity (Wildman–Crippen MR) is 58.9 cm³/mol. The van der Waals surface area contributed by atoms with Crippen molar-refractivity contribution in [3.05, 3.63) is 18.2 Å². The van der Waals surface area contributed by atoms with E-state index in [4.69, 9.17) is 4.74 Å². The second-order valence-electron chi connectivity index (χ2n) is 4.44. The van der Waals surface area contributed by atoms with E-state index in [9.17, 15) is 13.6 Å². The summed E-state index contributed by atoms with van der Waals surface area (Å²) >= 11 is 0. The molecule has 0 aliphatic carbocycles. The number of aromatic nitrogens is 2. The standard InChI is InChI=1S/C11H15F2N3O2/c1-7-5-8(10(17)18-7)15(2)6-9-14-3-4-16(9)11(12)13/h3-4,7-8,11H,5-6H2,1-2H3/t7-,8-/m0/s1. The molecular formula is C11H15F2N3O2. The quantitative estimate of drug-likeness (QED) is 0.767. The summed E-state index contributed by atoms with van der Waals surface area (Å²) in [5.74, 6) is -0.0694. The fraction of sp³-hybridized carbons (Fsp3) is 0.636. The Hall–Kier alpha value is -1.50. The zero-order valence-electron chi connectivity index (χ0n) is 10.2. The Morgan fingerprint density at radius 1 is 1.67 bits per heavy atom. The Labute approximate surface area is 103 Å². The van der Waals surface area contributed by atoms with E-state index in [0.717, 1.165) is 4.57 Å². The number of imidazole rings is 1. The Bertz CT molecular complexity index is 436. The van der Waals surface area contributed by atoms with Crippen molar-refractivity contribution in [1.29, 1.82) is 0 Å². The lowest BCUT2D eigenvalue weighted by Crippen LogP contribution is -2.35. The van der Waals surface area contributed by atoms with Crippen molar-refractivity contribution in [1.82, 2.24) is 14.5 Å². The van der Waals surface area contributed by atoms with Gasteiger partial charge in [0.05, 0.1) is 6.54 Å². The van der Waals surface area contributed by atoms with E-state index in [0.29, 0.717) is 6.42 Å². The second kappa shape index (κ2) is 5.01. The minimum Gasteiger partial charge on any atom is -0.461 e. The van der Waals surface area contributed by atoms with Crippen LogP contribution in [-0.4, -0.2) is 39.6 Å². The number of hydrogen-bond donors (Lipinski definition) is 0. The van der Waals surface area contributed by atoms with Crippen molar-refractivity contribution in [2.45, 2.75) is 38.6 Å². The molecule has 1 aliphatic heterocycles. The highest BCUT2D eigenvalue weighted by atomic mass is 19.3. The maximum absolute atomic E-state index is 12.6. The van der Waals surface area contributed by atoms with Crippen LogP contribution in [0.2, 0.25) is 0 Å². The number of carbonyl (C=O) groups is 1. The van der Waals surface area contributed by atoms with Crippen molar-refractivity contribution in [3.63, 3.8) is 0 Å². The Balaban J connectivity index is 2.05. The highest BCUT2D eigenvalue weighted by molar-refractivity contribution is 5.77. The average molecular weight is 259 g/mol. The topological polar surface area (TPSA) is 47.4 Å². The molecule has 18 heavy (non-hydrogen) atoms. The first-order valence-corrected chi connectivity index (χ1v) is 5.69. The Morgan fingerprint density at radius 2 is 2.39 bits per heavy atom. The monoisotopic (exact) mass is 259 g/mol. The SMILES string of the molecule is C[C@H]1C[C@H](N(C)Cc2nccn2C(F)F)C(=O)O1. The smallest absolute Gasteiger partial charge is 0.323 e. The number of likely N-dealkylation sites (N-methyl/N-ethyl adjacent to an activating group) is 1. The summed E-state index contributed by atoms with van der Waals surface area (Å²) in [5.41, 5.74) is 0. The summed E-state index contributed by atoms with van der Waals surface area (Å²) in [6.07, 6.45) is 3.00. The summed E-state index contributed by atoms with van der Waals surface area (Å²) in [4.78, 5) is 17.1. The molecule has 1 aromatic heterocycles. The first-order chi connectivity index (χ1) is 8.49. The van der Waals surface area contributed by atoms with Gasteiger partial charge in [0.25, 0.3) is 0 Å². The van der Waals surface area contributed by atoms with Crippen molar-refractivity contribution in [3.8, 4) is 0 Å². The number of ether oxygens (including phenoxy) is 1. The van der Waals surface area contributed by atoms with Gasteiger partial charge in [0.15, 0.2) is 0 Å². The van der Waals surface area contributed by atoms with Crippen molar-refractivity contribution >= 4 is 5.97 Å². The molecule has 0 aromatic carbocycles. The molecule has 7 heteroatoms. The van der Waals surface area contributed by atoms with E-state index in [-0.39, 0.29) is 30.5 Å². The van der Waals surface area contributed by atoms with Gasteiger partial charge in [0, 0.05) is 18.8 Å². The van der Waals surface area contributed by atoms with E-state index >= 15 is 0 Å². The van der Waals surface area contributed by atoms with Gasteiger partial charge < -0.3 is 4.74 Å². The lowest BCUT2D eigenvalue weighted by molar-refractivity contribution is -0.144. The average Bonchev–Trinajstić information content (AvgIpc) is 2.85. The molecule has 0 N–H and O–H groups in total. The summed E-state index contributed by atoms with van der Waals surface area (Å²) < 4.78 is 31.1. The lowest BCUT2D eigenvalue weighted by Gasteiger charge is -2.20. The largest absolute Gasteiger partial charge is 0.461 e. The Morgan fingerprint density at radius 3 is 2.94 bits per heavy atom. The minimum absolute atomic E-state index is 0.125. The van der Waals surface area contributed by atoms with Crippen LogP contribution in [0.3, 0.4) is 0 Å². The first kappa shape index (κ1) is 12.9. The molecule has 2 atom stereocenters. The zero-order chi connectivity index (χ0) is 13.3. The van der Waals surface area contributed by atoms with Gasteiger partial charge in [0.1, 0.15) is 18.0 Å². The lowest BCUT2D eigenvalue weighted by atomic mass is 10.1. The maximum Gasteiger partial charge on any atom is 0.323 e. The molecule has 0 spiro atoms.